The minimum absolute atomic E-state index is 0.235. The Balaban J connectivity index is 2.05. The zero-order valence-corrected chi connectivity index (χ0v) is 7.63. The van der Waals surface area contributed by atoms with Crippen molar-refractivity contribution in [2.75, 3.05) is 18.0 Å². The van der Waals surface area contributed by atoms with Crippen LogP contribution in [-0.4, -0.2) is 44.4 Å². The summed E-state index contributed by atoms with van der Waals surface area (Å²) in [6.07, 6.45) is 2.26. The monoisotopic (exact) mass is 197 g/mol. The highest BCUT2D eigenvalue weighted by Crippen LogP contribution is 2.13. The molecule has 1 aliphatic rings. The fraction of sp³-hybridized carbons (Fsp3) is 0.714. The van der Waals surface area contributed by atoms with Crippen molar-refractivity contribution in [2.45, 2.75) is 19.4 Å². The second-order valence-corrected chi connectivity index (χ2v) is 3.21. The molecule has 0 amide bonds. The van der Waals surface area contributed by atoms with Crippen molar-refractivity contribution in [2.24, 2.45) is 0 Å². The van der Waals surface area contributed by atoms with Crippen molar-refractivity contribution >= 4 is 11.9 Å². The SMILES string of the molecule is O=C(O)Cn1nnc(N2CCCC2)n1. The molecule has 0 unspecified atom stereocenters. The third kappa shape index (κ3) is 1.81. The van der Waals surface area contributed by atoms with E-state index in [0.717, 1.165) is 30.7 Å². The number of aromatic nitrogens is 4. The first kappa shape index (κ1) is 8.92. The molecule has 0 aromatic carbocycles. The fourth-order valence-electron chi connectivity index (χ4n) is 1.47. The topological polar surface area (TPSA) is 84.1 Å². The molecule has 1 fully saturated rings. The lowest BCUT2D eigenvalue weighted by Gasteiger charge is -2.09. The molecule has 1 N–H and O–H groups in total. The number of carboxylic acid groups (broad SMARTS) is 1. The van der Waals surface area contributed by atoms with Crippen molar-refractivity contribution in [3.63, 3.8) is 0 Å². The van der Waals surface area contributed by atoms with Crippen molar-refractivity contribution in [3.8, 4) is 0 Å². The van der Waals surface area contributed by atoms with E-state index in [1.54, 1.807) is 0 Å². The Morgan fingerprint density at radius 3 is 2.79 bits per heavy atom. The molecule has 1 aliphatic heterocycles. The van der Waals surface area contributed by atoms with Gasteiger partial charge in [0.15, 0.2) is 6.54 Å². The Labute approximate surface area is 80.3 Å². The number of aliphatic carboxylic acids is 1. The van der Waals surface area contributed by atoms with Crippen LogP contribution in [0, 0.1) is 0 Å². The maximum absolute atomic E-state index is 10.4. The molecule has 1 aromatic heterocycles. The first-order valence-electron chi connectivity index (χ1n) is 4.50. The average Bonchev–Trinajstić information content (AvgIpc) is 2.69. The van der Waals surface area contributed by atoms with E-state index in [1.807, 2.05) is 4.90 Å². The minimum Gasteiger partial charge on any atom is -0.480 e. The molecule has 1 aromatic rings. The summed E-state index contributed by atoms with van der Waals surface area (Å²) in [6, 6.07) is 0. The highest BCUT2D eigenvalue weighted by molar-refractivity contribution is 5.66. The van der Waals surface area contributed by atoms with Crippen LogP contribution in [0.3, 0.4) is 0 Å². The largest absolute Gasteiger partial charge is 0.480 e. The predicted molar refractivity (Wildman–Crippen MR) is 46.9 cm³/mol. The van der Waals surface area contributed by atoms with E-state index in [9.17, 15) is 4.79 Å². The van der Waals surface area contributed by atoms with Crippen LogP contribution in [0.1, 0.15) is 12.8 Å². The van der Waals surface area contributed by atoms with E-state index in [1.165, 1.54) is 0 Å². The van der Waals surface area contributed by atoms with Gasteiger partial charge in [-0.3, -0.25) is 4.79 Å². The van der Waals surface area contributed by atoms with E-state index in [2.05, 4.69) is 15.4 Å². The Morgan fingerprint density at radius 2 is 2.14 bits per heavy atom. The quantitative estimate of drug-likeness (QED) is 0.693. The lowest BCUT2D eigenvalue weighted by Crippen LogP contribution is -2.19. The summed E-state index contributed by atoms with van der Waals surface area (Å²) in [5.41, 5.74) is 0. The lowest BCUT2D eigenvalue weighted by atomic mass is 10.4. The van der Waals surface area contributed by atoms with E-state index in [0.29, 0.717) is 5.95 Å². The summed E-state index contributed by atoms with van der Waals surface area (Å²) in [6.45, 7) is 1.62. The highest BCUT2D eigenvalue weighted by Gasteiger charge is 2.17. The van der Waals surface area contributed by atoms with Crippen LogP contribution in [0.15, 0.2) is 0 Å². The first-order chi connectivity index (χ1) is 6.75. The summed E-state index contributed by atoms with van der Waals surface area (Å²) in [7, 11) is 0. The molecule has 0 radical (unpaired) electrons. The normalized spacial score (nSPS) is 16.1. The van der Waals surface area contributed by atoms with Crippen LogP contribution >= 0.6 is 0 Å². The molecule has 1 saturated heterocycles. The summed E-state index contributed by atoms with van der Waals surface area (Å²) < 4.78 is 0. The minimum atomic E-state index is -0.963. The number of carbonyl (C=O) groups is 1. The van der Waals surface area contributed by atoms with Gasteiger partial charge in [-0.2, -0.15) is 4.80 Å². The number of nitrogens with zero attached hydrogens (tertiary/aromatic N) is 5. The number of anilines is 1. The molecule has 0 bridgehead atoms. The fourth-order valence-corrected chi connectivity index (χ4v) is 1.47. The maximum Gasteiger partial charge on any atom is 0.327 e. The zero-order chi connectivity index (χ0) is 9.97. The molecule has 14 heavy (non-hydrogen) atoms. The number of carboxylic acids is 1. The molecule has 7 heteroatoms. The first-order valence-corrected chi connectivity index (χ1v) is 4.50. The van der Waals surface area contributed by atoms with Gasteiger partial charge in [0.1, 0.15) is 0 Å². The standard InChI is InChI=1S/C7H11N5O2/c13-6(14)5-12-9-7(8-10-12)11-3-1-2-4-11/h1-5H2,(H,13,14). The molecule has 7 nitrogen and oxygen atoms in total. The van der Waals surface area contributed by atoms with E-state index < -0.39 is 5.97 Å². The Morgan fingerprint density at radius 1 is 1.43 bits per heavy atom. The van der Waals surface area contributed by atoms with Crippen LogP contribution in [0.25, 0.3) is 0 Å². The zero-order valence-electron chi connectivity index (χ0n) is 7.63. The molecule has 2 rings (SSSR count). The van der Waals surface area contributed by atoms with Gasteiger partial charge in [-0.1, -0.05) is 5.10 Å². The van der Waals surface area contributed by atoms with Gasteiger partial charge in [-0.15, -0.1) is 5.10 Å². The molecule has 76 valence electrons. The average molecular weight is 197 g/mol. The maximum atomic E-state index is 10.4. The highest BCUT2D eigenvalue weighted by atomic mass is 16.4. The summed E-state index contributed by atoms with van der Waals surface area (Å²) in [5, 5.41) is 19.9. The third-order valence-electron chi connectivity index (χ3n) is 2.11. The van der Waals surface area contributed by atoms with Gasteiger partial charge >= 0.3 is 5.97 Å². The van der Waals surface area contributed by atoms with Crippen molar-refractivity contribution in [3.05, 3.63) is 0 Å². The number of hydrogen-bond acceptors (Lipinski definition) is 5. The van der Waals surface area contributed by atoms with Crippen LogP contribution in [0.2, 0.25) is 0 Å². The van der Waals surface area contributed by atoms with E-state index in [-0.39, 0.29) is 6.54 Å². The molecule has 0 saturated carbocycles. The van der Waals surface area contributed by atoms with Crippen LogP contribution in [0.4, 0.5) is 5.95 Å². The molecular formula is C7H11N5O2. The van der Waals surface area contributed by atoms with Crippen LogP contribution < -0.4 is 4.90 Å². The van der Waals surface area contributed by atoms with Gasteiger partial charge in [0, 0.05) is 13.1 Å². The van der Waals surface area contributed by atoms with Crippen molar-refractivity contribution in [1.29, 1.82) is 0 Å². The molecule has 0 spiro atoms. The van der Waals surface area contributed by atoms with Crippen LogP contribution in [0.5, 0.6) is 0 Å². The second kappa shape index (κ2) is 3.60. The summed E-state index contributed by atoms with van der Waals surface area (Å²) in [4.78, 5) is 13.5. The second-order valence-electron chi connectivity index (χ2n) is 3.21. The van der Waals surface area contributed by atoms with E-state index >= 15 is 0 Å². The smallest absolute Gasteiger partial charge is 0.327 e. The van der Waals surface area contributed by atoms with Gasteiger partial charge in [-0.25, -0.2) is 0 Å². The van der Waals surface area contributed by atoms with Crippen LogP contribution in [-0.2, 0) is 11.3 Å². The Bertz CT molecular complexity index is 331. The Kier molecular flexibility index (Phi) is 2.30. The summed E-state index contributed by atoms with van der Waals surface area (Å²) >= 11 is 0. The van der Waals surface area contributed by atoms with E-state index in [4.69, 9.17) is 5.11 Å². The molecule has 2 heterocycles. The molecular weight excluding hydrogens is 186 g/mol. The number of rotatable bonds is 3. The number of hydrogen-bond donors (Lipinski definition) is 1. The van der Waals surface area contributed by atoms with Crippen molar-refractivity contribution < 1.29 is 9.90 Å². The van der Waals surface area contributed by atoms with Gasteiger partial charge < -0.3 is 10.0 Å². The Hall–Kier alpha value is -1.66. The number of tetrazole rings is 1. The van der Waals surface area contributed by atoms with Gasteiger partial charge in [0.25, 0.3) is 5.95 Å². The predicted octanol–water partition coefficient (Wildman–Crippen LogP) is -0.642. The third-order valence-corrected chi connectivity index (χ3v) is 2.11. The molecule has 0 atom stereocenters. The molecule has 0 aliphatic carbocycles. The van der Waals surface area contributed by atoms with Gasteiger partial charge in [0.05, 0.1) is 0 Å². The van der Waals surface area contributed by atoms with Crippen molar-refractivity contribution in [1.82, 2.24) is 20.2 Å². The van der Waals surface area contributed by atoms with Gasteiger partial charge in [-0.05, 0) is 18.1 Å². The lowest BCUT2D eigenvalue weighted by molar-refractivity contribution is -0.138. The summed E-state index contributed by atoms with van der Waals surface area (Å²) in [5.74, 6) is -0.431. The van der Waals surface area contributed by atoms with Gasteiger partial charge in [0.2, 0.25) is 0 Å².